The van der Waals surface area contributed by atoms with Crippen LogP contribution in [0.1, 0.15) is 12.0 Å². The molecule has 0 aliphatic carbocycles. The van der Waals surface area contributed by atoms with Gasteiger partial charge in [-0.05, 0) is 18.1 Å². The SMILES string of the molecule is O=C1CCN(C(=O)C2CNc3ccccc3C2)CCN1. The fourth-order valence-electron chi connectivity index (χ4n) is 2.86. The van der Waals surface area contributed by atoms with Gasteiger partial charge in [0.25, 0.3) is 0 Å². The number of fused-ring (bicyclic) bond motifs is 1. The minimum absolute atomic E-state index is 0.0295. The van der Waals surface area contributed by atoms with Crippen molar-refractivity contribution in [1.29, 1.82) is 0 Å². The van der Waals surface area contributed by atoms with Crippen LogP contribution < -0.4 is 10.6 Å². The number of amides is 2. The molecule has 1 saturated heterocycles. The Morgan fingerprint density at radius 2 is 2.05 bits per heavy atom. The molecule has 106 valence electrons. The summed E-state index contributed by atoms with van der Waals surface area (Å²) < 4.78 is 0. The molecule has 2 amide bonds. The van der Waals surface area contributed by atoms with E-state index >= 15 is 0 Å². The van der Waals surface area contributed by atoms with Crippen LogP contribution in [0.25, 0.3) is 0 Å². The first-order chi connectivity index (χ1) is 9.74. The number of hydrogen-bond donors (Lipinski definition) is 2. The van der Waals surface area contributed by atoms with Gasteiger partial charge in [-0.2, -0.15) is 0 Å². The molecule has 1 fully saturated rings. The van der Waals surface area contributed by atoms with Crippen molar-refractivity contribution in [2.45, 2.75) is 12.8 Å². The smallest absolute Gasteiger partial charge is 0.227 e. The van der Waals surface area contributed by atoms with Crippen LogP contribution in [0.15, 0.2) is 24.3 Å². The maximum absolute atomic E-state index is 12.6. The minimum Gasteiger partial charge on any atom is -0.384 e. The highest BCUT2D eigenvalue weighted by atomic mass is 16.2. The van der Waals surface area contributed by atoms with Crippen LogP contribution >= 0.6 is 0 Å². The van der Waals surface area contributed by atoms with Crippen molar-refractivity contribution in [2.24, 2.45) is 5.92 Å². The number of hydrogen-bond acceptors (Lipinski definition) is 3. The third kappa shape index (κ3) is 2.61. The standard InChI is InChI=1S/C15H19N3O2/c19-14-5-7-18(8-6-16-14)15(20)12-9-11-3-1-2-4-13(11)17-10-12/h1-4,12,17H,5-10H2,(H,16,19). The van der Waals surface area contributed by atoms with Crippen LogP contribution in [0.4, 0.5) is 5.69 Å². The second-order valence-corrected chi connectivity index (χ2v) is 5.36. The number of rotatable bonds is 1. The predicted octanol–water partition coefficient (Wildman–Crippen LogP) is 0.619. The number of anilines is 1. The highest BCUT2D eigenvalue weighted by Gasteiger charge is 2.29. The lowest BCUT2D eigenvalue weighted by atomic mass is 9.93. The number of carbonyl (C=O) groups excluding carboxylic acids is 2. The minimum atomic E-state index is -0.0295. The van der Waals surface area contributed by atoms with E-state index in [0.29, 0.717) is 32.6 Å². The summed E-state index contributed by atoms with van der Waals surface area (Å²) in [5, 5.41) is 6.13. The first-order valence-corrected chi connectivity index (χ1v) is 7.11. The monoisotopic (exact) mass is 273 g/mol. The van der Waals surface area contributed by atoms with Crippen LogP contribution in [-0.4, -0.2) is 42.9 Å². The van der Waals surface area contributed by atoms with Crippen LogP contribution in [0, 0.1) is 5.92 Å². The molecule has 2 N–H and O–H groups in total. The van der Waals surface area contributed by atoms with Crippen molar-refractivity contribution in [3.63, 3.8) is 0 Å². The van der Waals surface area contributed by atoms with E-state index in [-0.39, 0.29) is 17.7 Å². The fraction of sp³-hybridized carbons (Fsp3) is 0.467. The topological polar surface area (TPSA) is 61.4 Å². The van der Waals surface area contributed by atoms with Crippen LogP contribution in [0.5, 0.6) is 0 Å². The average Bonchev–Trinajstić information content (AvgIpc) is 2.71. The summed E-state index contributed by atoms with van der Waals surface area (Å²) in [5.41, 5.74) is 2.32. The molecular weight excluding hydrogens is 254 g/mol. The van der Waals surface area contributed by atoms with E-state index in [0.717, 1.165) is 12.1 Å². The van der Waals surface area contributed by atoms with E-state index in [2.05, 4.69) is 16.7 Å². The molecular formula is C15H19N3O2. The summed E-state index contributed by atoms with van der Waals surface area (Å²) in [6.45, 7) is 2.38. The lowest BCUT2D eigenvalue weighted by Crippen LogP contribution is -2.42. The highest BCUT2D eigenvalue weighted by Crippen LogP contribution is 2.25. The zero-order valence-corrected chi connectivity index (χ0v) is 11.4. The van der Waals surface area contributed by atoms with Gasteiger partial charge in [0.1, 0.15) is 0 Å². The molecule has 20 heavy (non-hydrogen) atoms. The maximum Gasteiger partial charge on any atom is 0.227 e. The van der Waals surface area contributed by atoms with E-state index in [4.69, 9.17) is 0 Å². The van der Waals surface area contributed by atoms with Crippen molar-refractivity contribution in [3.8, 4) is 0 Å². The van der Waals surface area contributed by atoms with E-state index in [1.54, 1.807) is 0 Å². The van der Waals surface area contributed by atoms with Gasteiger partial charge in [0.15, 0.2) is 0 Å². The van der Waals surface area contributed by atoms with Crippen molar-refractivity contribution >= 4 is 17.5 Å². The van der Waals surface area contributed by atoms with Crippen molar-refractivity contribution in [3.05, 3.63) is 29.8 Å². The Labute approximate surface area is 118 Å². The fourth-order valence-corrected chi connectivity index (χ4v) is 2.86. The number of nitrogens with one attached hydrogen (secondary N) is 2. The van der Waals surface area contributed by atoms with Crippen molar-refractivity contribution in [2.75, 3.05) is 31.5 Å². The second kappa shape index (κ2) is 5.53. The molecule has 5 heteroatoms. The zero-order chi connectivity index (χ0) is 13.9. The van der Waals surface area contributed by atoms with Gasteiger partial charge in [-0.25, -0.2) is 0 Å². The molecule has 0 aromatic heterocycles. The average molecular weight is 273 g/mol. The maximum atomic E-state index is 12.6. The van der Waals surface area contributed by atoms with Crippen LogP contribution in [-0.2, 0) is 16.0 Å². The van der Waals surface area contributed by atoms with Crippen molar-refractivity contribution in [1.82, 2.24) is 10.2 Å². The molecule has 1 aromatic carbocycles. The summed E-state index contributed by atoms with van der Waals surface area (Å²) in [7, 11) is 0. The number of para-hydroxylation sites is 1. The molecule has 0 radical (unpaired) electrons. The normalized spacial score (nSPS) is 22.3. The molecule has 1 unspecified atom stereocenters. The third-order valence-electron chi connectivity index (χ3n) is 4.00. The van der Waals surface area contributed by atoms with Gasteiger partial charge in [-0.15, -0.1) is 0 Å². The van der Waals surface area contributed by atoms with Gasteiger partial charge in [-0.3, -0.25) is 9.59 Å². The number of benzene rings is 1. The molecule has 3 rings (SSSR count). The Kier molecular flexibility index (Phi) is 3.58. The quantitative estimate of drug-likeness (QED) is 0.788. The largest absolute Gasteiger partial charge is 0.384 e. The van der Waals surface area contributed by atoms with E-state index < -0.39 is 0 Å². The molecule has 2 aliphatic heterocycles. The summed E-state index contributed by atoms with van der Waals surface area (Å²) >= 11 is 0. The second-order valence-electron chi connectivity index (χ2n) is 5.36. The molecule has 2 aliphatic rings. The predicted molar refractivity (Wildman–Crippen MR) is 76.3 cm³/mol. The molecule has 0 spiro atoms. The highest BCUT2D eigenvalue weighted by molar-refractivity contribution is 5.83. The summed E-state index contributed by atoms with van der Waals surface area (Å²) in [6, 6.07) is 8.11. The van der Waals surface area contributed by atoms with Gasteiger partial charge >= 0.3 is 0 Å². The molecule has 1 aromatic rings. The first kappa shape index (κ1) is 13.0. The Morgan fingerprint density at radius 1 is 1.20 bits per heavy atom. The summed E-state index contributed by atoms with van der Waals surface area (Å²) in [5.74, 6) is 0.161. The number of nitrogens with zero attached hydrogens (tertiary/aromatic N) is 1. The van der Waals surface area contributed by atoms with Crippen LogP contribution in [0.3, 0.4) is 0 Å². The summed E-state index contributed by atoms with van der Waals surface area (Å²) in [6.07, 6.45) is 1.18. The van der Waals surface area contributed by atoms with Gasteiger partial charge in [0.05, 0.1) is 5.92 Å². The zero-order valence-electron chi connectivity index (χ0n) is 11.4. The lowest BCUT2D eigenvalue weighted by molar-refractivity contribution is -0.135. The van der Waals surface area contributed by atoms with Crippen LogP contribution in [0.2, 0.25) is 0 Å². The molecule has 0 saturated carbocycles. The molecule has 0 bridgehead atoms. The molecule has 1 atom stereocenters. The Bertz CT molecular complexity index is 530. The van der Waals surface area contributed by atoms with E-state index in [1.165, 1.54) is 5.56 Å². The lowest BCUT2D eigenvalue weighted by Gasteiger charge is -2.30. The van der Waals surface area contributed by atoms with E-state index in [9.17, 15) is 9.59 Å². The van der Waals surface area contributed by atoms with Gasteiger partial charge < -0.3 is 15.5 Å². The van der Waals surface area contributed by atoms with Gasteiger partial charge in [-0.1, -0.05) is 18.2 Å². The Balaban J connectivity index is 1.68. The number of carbonyl (C=O) groups is 2. The van der Waals surface area contributed by atoms with Crippen molar-refractivity contribution < 1.29 is 9.59 Å². The van der Waals surface area contributed by atoms with Gasteiger partial charge in [0, 0.05) is 38.3 Å². The van der Waals surface area contributed by atoms with Gasteiger partial charge in [0.2, 0.25) is 11.8 Å². The molecule has 2 heterocycles. The van der Waals surface area contributed by atoms with E-state index in [1.807, 2.05) is 23.1 Å². The third-order valence-corrected chi connectivity index (χ3v) is 4.00. The molecule has 5 nitrogen and oxygen atoms in total. The first-order valence-electron chi connectivity index (χ1n) is 7.11. The Morgan fingerprint density at radius 3 is 2.95 bits per heavy atom. The summed E-state index contributed by atoms with van der Waals surface area (Å²) in [4.78, 5) is 25.7. The Hall–Kier alpha value is -2.04.